The van der Waals surface area contributed by atoms with E-state index in [4.69, 9.17) is 4.42 Å². The van der Waals surface area contributed by atoms with E-state index in [-0.39, 0.29) is 11.8 Å². The summed E-state index contributed by atoms with van der Waals surface area (Å²) in [5.41, 5.74) is 2.29. The van der Waals surface area contributed by atoms with Gasteiger partial charge in [-0.1, -0.05) is 43.7 Å². The Hall–Kier alpha value is -2.21. The molecule has 1 aromatic carbocycles. The van der Waals surface area contributed by atoms with Gasteiger partial charge >= 0.3 is 0 Å². The number of carbonyl (C=O) groups excluding carboxylic acids is 1. The van der Waals surface area contributed by atoms with Crippen molar-refractivity contribution >= 4 is 5.91 Å². The van der Waals surface area contributed by atoms with Crippen molar-refractivity contribution < 1.29 is 9.21 Å². The summed E-state index contributed by atoms with van der Waals surface area (Å²) in [6, 6.07) is 8.17. The molecule has 0 aliphatic carbocycles. The van der Waals surface area contributed by atoms with Crippen LogP contribution in [0.5, 0.6) is 0 Å². The van der Waals surface area contributed by atoms with Gasteiger partial charge in [-0.25, -0.2) is 0 Å². The van der Waals surface area contributed by atoms with Crippen molar-refractivity contribution in [1.82, 2.24) is 20.0 Å². The second-order valence-electron chi connectivity index (χ2n) is 7.01. The zero-order chi connectivity index (χ0) is 17.8. The minimum absolute atomic E-state index is 0.198. The lowest BCUT2D eigenvalue weighted by molar-refractivity contribution is -0.132. The van der Waals surface area contributed by atoms with Gasteiger partial charge in [-0.15, -0.1) is 10.2 Å². The van der Waals surface area contributed by atoms with Crippen LogP contribution in [0.15, 0.2) is 28.7 Å². The molecule has 6 heteroatoms. The summed E-state index contributed by atoms with van der Waals surface area (Å²) >= 11 is 0. The second kappa shape index (κ2) is 7.78. The Bertz CT molecular complexity index is 700. The van der Waals surface area contributed by atoms with E-state index in [0.29, 0.717) is 24.7 Å². The zero-order valence-electron chi connectivity index (χ0n) is 15.2. The number of benzene rings is 1. The zero-order valence-corrected chi connectivity index (χ0v) is 15.2. The smallest absolute Gasteiger partial charge is 0.230 e. The van der Waals surface area contributed by atoms with Crippen LogP contribution in [0.2, 0.25) is 0 Å². The summed E-state index contributed by atoms with van der Waals surface area (Å²) < 4.78 is 5.67. The van der Waals surface area contributed by atoms with Crippen molar-refractivity contribution in [3.63, 3.8) is 0 Å². The largest absolute Gasteiger partial charge is 0.424 e. The molecule has 0 spiro atoms. The van der Waals surface area contributed by atoms with Gasteiger partial charge in [0.05, 0.1) is 13.0 Å². The summed E-state index contributed by atoms with van der Waals surface area (Å²) in [5.74, 6) is 1.78. The third-order valence-corrected chi connectivity index (χ3v) is 4.54. The van der Waals surface area contributed by atoms with E-state index >= 15 is 0 Å². The van der Waals surface area contributed by atoms with Crippen LogP contribution in [0, 0.1) is 6.92 Å². The molecule has 0 N–H and O–H groups in total. The fraction of sp³-hybridized carbons (Fsp3) is 0.526. The highest BCUT2D eigenvalue weighted by Gasteiger charge is 2.22. The van der Waals surface area contributed by atoms with E-state index in [0.717, 1.165) is 31.7 Å². The van der Waals surface area contributed by atoms with Crippen LogP contribution in [0.3, 0.4) is 0 Å². The number of amides is 1. The topological polar surface area (TPSA) is 62.5 Å². The number of rotatable bonds is 5. The number of aryl methyl sites for hydroxylation is 1. The quantitative estimate of drug-likeness (QED) is 0.835. The van der Waals surface area contributed by atoms with E-state index in [1.54, 1.807) is 0 Å². The van der Waals surface area contributed by atoms with Crippen LogP contribution < -0.4 is 0 Å². The Kier molecular flexibility index (Phi) is 5.48. The second-order valence-corrected chi connectivity index (χ2v) is 7.01. The first-order chi connectivity index (χ1) is 12.0. The van der Waals surface area contributed by atoms with Crippen molar-refractivity contribution in [2.24, 2.45) is 0 Å². The van der Waals surface area contributed by atoms with Crippen LogP contribution >= 0.6 is 0 Å². The Morgan fingerprint density at radius 3 is 2.40 bits per heavy atom. The van der Waals surface area contributed by atoms with Crippen molar-refractivity contribution in [3.05, 3.63) is 47.2 Å². The summed E-state index contributed by atoms with van der Waals surface area (Å²) in [4.78, 5) is 16.7. The Balaban J connectivity index is 1.47. The number of nitrogens with zero attached hydrogens (tertiary/aromatic N) is 4. The highest BCUT2D eigenvalue weighted by molar-refractivity contribution is 5.78. The summed E-state index contributed by atoms with van der Waals surface area (Å²) in [7, 11) is 0. The molecule has 0 saturated carbocycles. The lowest BCUT2D eigenvalue weighted by Gasteiger charge is -2.34. The van der Waals surface area contributed by atoms with Crippen molar-refractivity contribution in [3.8, 4) is 0 Å². The molecule has 25 heavy (non-hydrogen) atoms. The first-order valence-electron chi connectivity index (χ1n) is 8.89. The third-order valence-electron chi connectivity index (χ3n) is 4.54. The lowest BCUT2D eigenvalue weighted by Crippen LogP contribution is -2.48. The molecule has 1 fully saturated rings. The molecule has 6 nitrogen and oxygen atoms in total. The molecule has 0 unspecified atom stereocenters. The Morgan fingerprint density at radius 2 is 1.80 bits per heavy atom. The number of piperazine rings is 1. The van der Waals surface area contributed by atoms with E-state index in [2.05, 4.69) is 34.2 Å². The SMILES string of the molecule is Cc1ccc(CC(=O)N2CCN(Cc3nnc(C(C)C)o3)CC2)cc1. The molecular weight excluding hydrogens is 316 g/mol. The maximum atomic E-state index is 12.5. The van der Waals surface area contributed by atoms with Crippen LogP contribution in [-0.2, 0) is 17.8 Å². The van der Waals surface area contributed by atoms with E-state index < -0.39 is 0 Å². The Labute approximate surface area is 148 Å². The standard InChI is InChI=1S/C19H26N4O2/c1-14(2)19-21-20-17(25-19)13-22-8-10-23(11-9-22)18(24)12-16-6-4-15(3)5-7-16/h4-7,14H,8-13H2,1-3H3. The lowest BCUT2D eigenvalue weighted by atomic mass is 10.1. The fourth-order valence-corrected chi connectivity index (χ4v) is 2.90. The molecular formula is C19H26N4O2. The highest BCUT2D eigenvalue weighted by Crippen LogP contribution is 2.14. The normalized spacial score (nSPS) is 15.8. The fourth-order valence-electron chi connectivity index (χ4n) is 2.90. The molecule has 1 aromatic heterocycles. The summed E-state index contributed by atoms with van der Waals surface area (Å²) in [5, 5.41) is 8.18. The maximum Gasteiger partial charge on any atom is 0.230 e. The van der Waals surface area contributed by atoms with Gasteiger partial charge in [0.2, 0.25) is 17.7 Å². The number of aromatic nitrogens is 2. The predicted octanol–water partition coefficient (Wildman–Crippen LogP) is 2.39. The first kappa shape index (κ1) is 17.6. The number of hydrogen-bond donors (Lipinski definition) is 0. The van der Waals surface area contributed by atoms with E-state index in [9.17, 15) is 4.79 Å². The van der Waals surface area contributed by atoms with Crippen LogP contribution in [0.4, 0.5) is 0 Å². The molecule has 1 aliphatic rings. The minimum atomic E-state index is 0.198. The molecule has 134 valence electrons. The summed E-state index contributed by atoms with van der Waals surface area (Å²) in [6.07, 6.45) is 0.474. The molecule has 1 saturated heterocycles. The maximum absolute atomic E-state index is 12.5. The first-order valence-corrected chi connectivity index (χ1v) is 8.89. The van der Waals surface area contributed by atoms with Gasteiger partial charge in [-0.2, -0.15) is 0 Å². The van der Waals surface area contributed by atoms with Gasteiger partial charge in [0.15, 0.2) is 0 Å². The van der Waals surface area contributed by atoms with Gasteiger partial charge in [-0.3, -0.25) is 9.69 Å². The van der Waals surface area contributed by atoms with E-state index in [1.807, 2.05) is 30.9 Å². The monoisotopic (exact) mass is 342 g/mol. The van der Waals surface area contributed by atoms with Crippen molar-refractivity contribution in [2.75, 3.05) is 26.2 Å². The van der Waals surface area contributed by atoms with Gasteiger partial charge in [0.25, 0.3) is 0 Å². The van der Waals surface area contributed by atoms with Gasteiger partial charge in [0.1, 0.15) is 0 Å². The molecule has 3 rings (SSSR count). The van der Waals surface area contributed by atoms with Crippen LogP contribution in [0.1, 0.15) is 42.7 Å². The number of carbonyl (C=O) groups is 1. The third kappa shape index (κ3) is 4.66. The Morgan fingerprint density at radius 1 is 1.12 bits per heavy atom. The van der Waals surface area contributed by atoms with Crippen LogP contribution in [0.25, 0.3) is 0 Å². The molecule has 2 heterocycles. The average molecular weight is 342 g/mol. The van der Waals surface area contributed by atoms with Gasteiger partial charge in [-0.05, 0) is 12.5 Å². The van der Waals surface area contributed by atoms with Crippen LogP contribution in [-0.4, -0.2) is 52.1 Å². The minimum Gasteiger partial charge on any atom is -0.424 e. The van der Waals surface area contributed by atoms with Crippen molar-refractivity contribution in [2.45, 2.75) is 39.7 Å². The molecule has 1 amide bonds. The van der Waals surface area contributed by atoms with Crippen molar-refractivity contribution in [1.29, 1.82) is 0 Å². The molecule has 0 atom stereocenters. The highest BCUT2D eigenvalue weighted by atomic mass is 16.4. The van der Waals surface area contributed by atoms with Gasteiger partial charge < -0.3 is 9.32 Å². The average Bonchev–Trinajstić information content (AvgIpc) is 3.06. The summed E-state index contributed by atoms with van der Waals surface area (Å²) in [6.45, 7) is 9.94. The molecule has 0 bridgehead atoms. The van der Waals surface area contributed by atoms with Gasteiger partial charge in [0, 0.05) is 32.1 Å². The number of hydrogen-bond acceptors (Lipinski definition) is 5. The predicted molar refractivity (Wildman–Crippen MR) is 95.1 cm³/mol. The molecule has 2 aromatic rings. The molecule has 1 aliphatic heterocycles. The molecule has 0 radical (unpaired) electrons. The van der Waals surface area contributed by atoms with E-state index in [1.165, 1.54) is 5.56 Å².